The molecule has 0 bridgehead atoms. The summed E-state index contributed by atoms with van der Waals surface area (Å²) in [6, 6.07) is 0. The highest BCUT2D eigenvalue weighted by atomic mass is 15.2. The molecular weight excluding hydrogens is 298 g/mol. The average Bonchev–Trinajstić information content (AvgIpc) is 3.22. The molecule has 3 rings (SSSR count). The zero-order valence-corrected chi connectivity index (χ0v) is 15.9. The molecule has 0 aromatic heterocycles. The van der Waals surface area contributed by atoms with E-state index in [-0.39, 0.29) is 0 Å². The number of likely N-dealkylation sites (N-methyl/N-ethyl adjacent to an activating group) is 1. The van der Waals surface area contributed by atoms with E-state index in [2.05, 4.69) is 45.5 Å². The normalized spacial score (nSPS) is 19.0. The van der Waals surface area contributed by atoms with E-state index in [4.69, 9.17) is 0 Å². The van der Waals surface area contributed by atoms with Crippen molar-refractivity contribution in [3.8, 4) is 0 Å². The van der Waals surface area contributed by atoms with Crippen LogP contribution >= 0.6 is 0 Å². The zero-order valence-electron chi connectivity index (χ0n) is 15.9. The second kappa shape index (κ2) is 13.2. The summed E-state index contributed by atoms with van der Waals surface area (Å²) in [4.78, 5) is 6.93. The van der Waals surface area contributed by atoms with Gasteiger partial charge in [-0.1, -0.05) is 12.2 Å². The van der Waals surface area contributed by atoms with Crippen LogP contribution in [-0.2, 0) is 0 Å². The van der Waals surface area contributed by atoms with E-state index >= 15 is 0 Å². The number of nitrogens with two attached hydrogens (primary N) is 1. The minimum absolute atomic E-state index is 0.955. The Morgan fingerprint density at radius 2 is 1.96 bits per heavy atom. The third-order valence-corrected chi connectivity index (χ3v) is 4.44. The van der Waals surface area contributed by atoms with Gasteiger partial charge in [-0.2, -0.15) is 0 Å². The standard InChI is InChI=1S/C14H23N3.C4H9N.CH5N/c1-15-10-4-3-7-13-9-8-12-6-5-11-16-14(12)17(13)2;1-2-4-5-3-1;1-2/h6,9,15H,3-5,7-8,10-11H2,1-2H3;5H,1-4H2;2H2,1H3. The minimum Gasteiger partial charge on any atom is -0.334 e. The predicted molar refractivity (Wildman–Crippen MR) is 105 cm³/mol. The van der Waals surface area contributed by atoms with Crippen molar-refractivity contribution < 1.29 is 0 Å². The predicted octanol–water partition coefficient (Wildman–Crippen LogP) is 2.27. The second-order valence-corrected chi connectivity index (χ2v) is 6.20. The molecule has 5 nitrogen and oxygen atoms in total. The van der Waals surface area contributed by atoms with Crippen molar-refractivity contribution in [2.45, 2.75) is 44.9 Å². The second-order valence-electron chi connectivity index (χ2n) is 6.20. The Labute approximate surface area is 148 Å². The van der Waals surface area contributed by atoms with Gasteiger partial charge in [-0.15, -0.1) is 0 Å². The van der Waals surface area contributed by atoms with Crippen LogP contribution < -0.4 is 16.4 Å². The number of nitrogens with one attached hydrogen (secondary N) is 2. The molecule has 0 amide bonds. The van der Waals surface area contributed by atoms with Crippen LogP contribution in [0.2, 0.25) is 0 Å². The SMILES string of the molecule is C1CCNC1.CN.CNCCCCC1=CCC2=CCCN=C2N1C. The Hall–Kier alpha value is -1.17. The van der Waals surface area contributed by atoms with Crippen LogP contribution in [0.4, 0.5) is 0 Å². The fourth-order valence-electron chi connectivity index (χ4n) is 3.10. The van der Waals surface area contributed by atoms with Crippen molar-refractivity contribution in [3.05, 3.63) is 23.4 Å². The fourth-order valence-corrected chi connectivity index (χ4v) is 3.10. The maximum absolute atomic E-state index is 4.65. The van der Waals surface area contributed by atoms with Crippen LogP contribution in [0.3, 0.4) is 0 Å². The molecule has 0 unspecified atom stereocenters. The van der Waals surface area contributed by atoms with Gasteiger partial charge in [0.25, 0.3) is 0 Å². The van der Waals surface area contributed by atoms with Gasteiger partial charge in [0.2, 0.25) is 0 Å². The first-order valence-electron chi connectivity index (χ1n) is 9.42. The van der Waals surface area contributed by atoms with Crippen molar-refractivity contribution in [2.75, 3.05) is 47.3 Å². The molecule has 3 aliphatic heterocycles. The number of unbranched alkanes of at least 4 members (excludes halogenated alkanes) is 1. The molecule has 3 heterocycles. The van der Waals surface area contributed by atoms with Crippen molar-refractivity contribution in [3.63, 3.8) is 0 Å². The molecule has 24 heavy (non-hydrogen) atoms. The van der Waals surface area contributed by atoms with Gasteiger partial charge in [-0.05, 0) is 84.2 Å². The molecule has 0 saturated carbocycles. The Kier molecular flexibility index (Phi) is 11.4. The summed E-state index contributed by atoms with van der Waals surface area (Å²) in [6.07, 6.45) is 13.3. The van der Waals surface area contributed by atoms with Crippen molar-refractivity contribution >= 4 is 5.84 Å². The summed E-state index contributed by atoms with van der Waals surface area (Å²) in [5.41, 5.74) is 7.36. The van der Waals surface area contributed by atoms with E-state index in [1.165, 1.54) is 69.3 Å². The number of nitrogens with zero attached hydrogens (tertiary/aromatic N) is 2. The summed E-state index contributed by atoms with van der Waals surface area (Å²) < 4.78 is 0. The first-order chi connectivity index (χ1) is 11.8. The number of rotatable bonds is 5. The van der Waals surface area contributed by atoms with Crippen LogP contribution in [0, 0.1) is 0 Å². The lowest BCUT2D eigenvalue weighted by Gasteiger charge is -2.31. The molecule has 5 heteroatoms. The van der Waals surface area contributed by atoms with E-state index < -0.39 is 0 Å². The Bertz CT molecular complexity index is 414. The van der Waals surface area contributed by atoms with E-state index in [9.17, 15) is 0 Å². The molecule has 138 valence electrons. The highest BCUT2D eigenvalue weighted by Gasteiger charge is 2.21. The fraction of sp³-hybridized carbons (Fsp3) is 0.737. The molecule has 0 spiro atoms. The average molecular weight is 336 g/mol. The molecule has 1 fully saturated rings. The summed E-state index contributed by atoms with van der Waals surface area (Å²) in [5.74, 6) is 1.21. The molecule has 0 radical (unpaired) electrons. The van der Waals surface area contributed by atoms with Gasteiger partial charge in [0.1, 0.15) is 5.84 Å². The number of fused-ring (bicyclic) bond motifs is 1. The topological polar surface area (TPSA) is 65.7 Å². The Morgan fingerprint density at radius 1 is 1.21 bits per heavy atom. The minimum atomic E-state index is 0.955. The third kappa shape index (κ3) is 7.16. The number of hydrogen-bond donors (Lipinski definition) is 3. The highest BCUT2D eigenvalue weighted by Crippen LogP contribution is 2.26. The molecule has 0 aliphatic carbocycles. The van der Waals surface area contributed by atoms with Crippen molar-refractivity contribution in [1.82, 2.24) is 15.5 Å². The molecule has 3 aliphatic rings. The highest BCUT2D eigenvalue weighted by molar-refractivity contribution is 6.00. The smallest absolute Gasteiger partial charge is 0.130 e. The van der Waals surface area contributed by atoms with Crippen LogP contribution in [0.5, 0.6) is 0 Å². The van der Waals surface area contributed by atoms with E-state index in [1.807, 2.05) is 7.05 Å². The largest absolute Gasteiger partial charge is 0.334 e. The van der Waals surface area contributed by atoms with Crippen LogP contribution in [0.25, 0.3) is 0 Å². The summed E-state index contributed by atoms with van der Waals surface area (Å²) in [6.45, 7) is 4.57. The van der Waals surface area contributed by atoms with Crippen LogP contribution in [0.15, 0.2) is 28.4 Å². The Morgan fingerprint density at radius 3 is 2.58 bits per heavy atom. The lowest BCUT2D eigenvalue weighted by atomic mass is 9.99. The zero-order chi connectivity index (χ0) is 17.6. The number of hydrogen-bond acceptors (Lipinski definition) is 5. The van der Waals surface area contributed by atoms with E-state index in [0.29, 0.717) is 0 Å². The quantitative estimate of drug-likeness (QED) is 0.674. The van der Waals surface area contributed by atoms with Gasteiger partial charge in [-0.25, -0.2) is 0 Å². The van der Waals surface area contributed by atoms with E-state index in [1.54, 1.807) is 0 Å². The first kappa shape index (κ1) is 20.9. The number of aliphatic imine (C=N–C) groups is 1. The molecule has 4 N–H and O–H groups in total. The molecule has 0 aromatic rings. The van der Waals surface area contributed by atoms with Gasteiger partial charge >= 0.3 is 0 Å². The van der Waals surface area contributed by atoms with Gasteiger partial charge in [-0.3, -0.25) is 4.99 Å². The molecule has 0 atom stereocenters. The van der Waals surface area contributed by atoms with Crippen LogP contribution in [0.1, 0.15) is 44.9 Å². The summed E-state index contributed by atoms with van der Waals surface area (Å²) in [5, 5.41) is 6.42. The lowest BCUT2D eigenvalue weighted by molar-refractivity contribution is 0.542. The Balaban J connectivity index is 0.000000346. The van der Waals surface area contributed by atoms with Gasteiger partial charge < -0.3 is 21.3 Å². The number of dihydropyridines is 1. The van der Waals surface area contributed by atoms with Gasteiger partial charge in [0, 0.05) is 19.3 Å². The van der Waals surface area contributed by atoms with Gasteiger partial charge in [0.15, 0.2) is 0 Å². The first-order valence-corrected chi connectivity index (χ1v) is 9.42. The number of amidine groups is 1. The monoisotopic (exact) mass is 335 g/mol. The molecule has 0 aromatic carbocycles. The lowest BCUT2D eigenvalue weighted by Crippen LogP contribution is -2.32. The third-order valence-electron chi connectivity index (χ3n) is 4.44. The molecular formula is C19H37N5. The van der Waals surface area contributed by atoms with E-state index in [0.717, 1.165) is 25.9 Å². The van der Waals surface area contributed by atoms with Crippen molar-refractivity contribution in [1.29, 1.82) is 0 Å². The maximum atomic E-state index is 4.65. The molecule has 1 saturated heterocycles. The van der Waals surface area contributed by atoms with Gasteiger partial charge in [0.05, 0.1) is 0 Å². The number of allylic oxidation sites excluding steroid dienone is 2. The summed E-state index contributed by atoms with van der Waals surface area (Å²) in [7, 11) is 5.67. The van der Waals surface area contributed by atoms with Crippen molar-refractivity contribution in [2.24, 2.45) is 10.7 Å². The van der Waals surface area contributed by atoms with Crippen LogP contribution in [-0.4, -0.2) is 58.1 Å². The summed E-state index contributed by atoms with van der Waals surface area (Å²) >= 11 is 0. The maximum Gasteiger partial charge on any atom is 0.130 e.